The number of anilines is 1. The molecule has 0 saturated heterocycles. The summed E-state index contributed by atoms with van der Waals surface area (Å²) in [5.74, 6) is -0.517. The van der Waals surface area contributed by atoms with E-state index in [1.54, 1.807) is 0 Å². The first kappa shape index (κ1) is 13.4. The summed E-state index contributed by atoms with van der Waals surface area (Å²) in [4.78, 5) is -0.546. The van der Waals surface area contributed by atoms with Crippen LogP contribution in [0.15, 0.2) is 23.1 Å². The molecule has 66 valence electrons. The van der Waals surface area contributed by atoms with Crippen molar-refractivity contribution in [1.29, 1.82) is 0 Å². The Bertz CT molecular complexity index is 403. The van der Waals surface area contributed by atoms with E-state index in [0.29, 0.717) is 0 Å². The van der Waals surface area contributed by atoms with Crippen molar-refractivity contribution in [2.45, 2.75) is 4.90 Å². The zero-order chi connectivity index (χ0) is 9.35. The minimum atomic E-state index is -4.38. The molecule has 13 heavy (non-hydrogen) atoms. The summed E-state index contributed by atoms with van der Waals surface area (Å²) in [5, 5.41) is 10.7. The van der Waals surface area contributed by atoms with Crippen LogP contribution in [0.25, 0.3) is 0 Å². The number of nitrogens with two attached hydrogens (primary N) is 1. The van der Waals surface area contributed by atoms with Crippen LogP contribution in [0.5, 0.6) is 5.75 Å². The van der Waals surface area contributed by atoms with E-state index in [9.17, 15) is 13.5 Å². The second-order valence-electron chi connectivity index (χ2n) is 2.17. The van der Waals surface area contributed by atoms with Crippen molar-refractivity contribution in [3.8, 4) is 5.75 Å². The molecule has 0 unspecified atom stereocenters. The first-order valence-electron chi connectivity index (χ1n) is 2.95. The van der Waals surface area contributed by atoms with Gasteiger partial charge in [0.15, 0.2) is 0 Å². The zero-order valence-electron chi connectivity index (χ0n) is 6.89. The van der Waals surface area contributed by atoms with Crippen LogP contribution < -0.4 is 62.2 Å². The fourth-order valence-electron chi connectivity index (χ4n) is 0.738. The first-order valence-corrected chi connectivity index (χ1v) is 4.39. The van der Waals surface area contributed by atoms with Gasteiger partial charge in [-0.2, -0.15) is 8.42 Å². The molecular formula is C6H6KNO4S. The molecule has 1 rings (SSSR count). The van der Waals surface area contributed by atoms with E-state index in [1.165, 1.54) is 0 Å². The predicted octanol–water partition coefficient (Wildman–Crippen LogP) is -3.41. The van der Waals surface area contributed by atoms with Gasteiger partial charge in [-0.05, 0) is 12.1 Å². The molecule has 3 N–H and O–H groups in total. The van der Waals surface area contributed by atoms with Gasteiger partial charge in [-0.3, -0.25) is 4.55 Å². The van der Waals surface area contributed by atoms with Crippen LogP contribution in [-0.2, 0) is 10.1 Å². The summed E-state index contributed by atoms with van der Waals surface area (Å²) >= 11 is 0. The standard InChI is InChI=1S/C6H7NO4S.K/c7-5-2-1-4(8)3-6(5)12(9,10)11;/h1-3,8H,7H2,(H,9,10,11);/q;+1/p-1. The monoisotopic (exact) mass is 227 g/mol. The van der Waals surface area contributed by atoms with Gasteiger partial charge in [0.25, 0.3) is 10.1 Å². The van der Waals surface area contributed by atoms with Gasteiger partial charge < -0.3 is 10.8 Å². The molecule has 0 aliphatic carbocycles. The Balaban J connectivity index is 0.00000144. The molecule has 0 aliphatic heterocycles. The summed E-state index contributed by atoms with van der Waals surface area (Å²) in [6.45, 7) is 0. The Morgan fingerprint density at radius 2 is 1.92 bits per heavy atom. The smallest absolute Gasteiger partial charge is 0.872 e. The minimum absolute atomic E-state index is 0. The van der Waals surface area contributed by atoms with E-state index in [1.807, 2.05) is 0 Å². The Morgan fingerprint density at radius 1 is 1.38 bits per heavy atom. The van der Waals surface area contributed by atoms with Crippen LogP contribution in [-0.4, -0.2) is 13.0 Å². The first-order chi connectivity index (χ1) is 5.41. The molecule has 5 nitrogen and oxygen atoms in total. The molecule has 0 bridgehead atoms. The number of hydrogen-bond donors (Lipinski definition) is 2. The van der Waals surface area contributed by atoms with Crippen molar-refractivity contribution in [3.05, 3.63) is 18.2 Å². The van der Waals surface area contributed by atoms with Gasteiger partial charge in [0.1, 0.15) is 4.90 Å². The van der Waals surface area contributed by atoms with Crippen molar-refractivity contribution in [2.75, 3.05) is 5.73 Å². The maximum Gasteiger partial charge on any atom is 1.00 e. The van der Waals surface area contributed by atoms with Crippen molar-refractivity contribution in [1.82, 2.24) is 0 Å². The van der Waals surface area contributed by atoms with Crippen molar-refractivity contribution < 1.29 is 69.5 Å². The second-order valence-corrected chi connectivity index (χ2v) is 3.56. The number of rotatable bonds is 1. The molecule has 0 saturated carbocycles. The van der Waals surface area contributed by atoms with Crippen LogP contribution in [0.1, 0.15) is 0 Å². The van der Waals surface area contributed by atoms with E-state index in [-0.39, 0.29) is 57.1 Å². The van der Waals surface area contributed by atoms with Crippen molar-refractivity contribution in [2.24, 2.45) is 0 Å². The van der Waals surface area contributed by atoms with E-state index >= 15 is 0 Å². The van der Waals surface area contributed by atoms with Gasteiger partial charge >= 0.3 is 51.4 Å². The Hall–Kier alpha value is 0.366. The Kier molecular flexibility index (Phi) is 4.87. The summed E-state index contributed by atoms with van der Waals surface area (Å²) in [7, 11) is -4.38. The second kappa shape index (κ2) is 4.74. The molecule has 1 aromatic rings. The summed E-state index contributed by atoms with van der Waals surface area (Å²) in [6.07, 6.45) is 0. The third kappa shape index (κ3) is 3.54. The summed E-state index contributed by atoms with van der Waals surface area (Å²) in [5.41, 5.74) is 5.06. The average molecular weight is 227 g/mol. The fraction of sp³-hybridized carbons (Fsp3) is 0. The molecule has 0 aliphatic rings. The fourth-order valence-corrected chi connectivity index (χ4v) is 1.37. The third-order valence-electron chi connectivity index (χ3n) is 1.26. The molecule has 0 fully saturated rings. The molecule has 0 spiro atoms. The maximum atomic E-state index is 10.7. The van der Waals surface area contributed by atoms with Crippen LogP contribution in [0.3, 0.4) is 0 Å². The van der Waals surface area contributed by atoms with Crippen LogP contribution in [0.4, 0.5) is 5.69 Å². The summed E-state index contributed by atoms with van der Waals surface area (Å²) in [6, 6.07) is 3.01. The summed E-state index contributed by atoms with van der Waals surface area (Å²) < 4.78 is 29.6. The van der Waals surface area contributed by atoms with Crippen molar-refractivity contribution in [3.63, 3.8) is 0 Å². The number of hydrogen-bond acceptors (Lipinski definition) is 4. The molecular weight excluding hydrogens is 221 g/mol. The molecule has 1 aromatic carbocycles. The van der Waals surface area contributed by atoms with Crippen LogP contribution >= 0.6 is 0 Å². The largest absolute Gasteiger partial charge is 1.00 e. The zero-order valence-corrected chi connectivity index (χ0v) is 10.8. The van der Waals surface area contributed by atoms with E-state index in [4.69, 9.17) is 10.3 Å². The number of benzene rings is 1. The van der Waals surface area contributed by atoms with Gasteiger partial charge in [-0.15, -0.1) is 5.75 Å². The van der Waals surface area contributed by atoms with Gasteiger partial charge in [0.2, 0.25) is 0 Å². The van der Waals surface area contributed by atoms with Gasteiger partial charge in [0, 0.05) is 0 Å². The Morgan fingerprint density at radius 3 is 2.31 bits per heavy atom. The molecule has 7 heteroatoms. The number of nitrogen functional groups attached to an aromatic ring is 1. The Labute approximate surface area is 118 Å². The van der Waals surface area contributed by atoms with Gasteiger partial charge in [0.05, 0.1) is 5.69 Å². The molecule has 0 aromatic heterocycles. The molecule has 0 heterocycles. The normalized spacial score (nSPS) is 10.5. The van der Waals surface area contributed by atoms with Gasteiger partial charge in [-0.1, -0.05) is 6.07 Å². The van der Waals surface area contributed by atoms with Gasteiger partial charge in [-0.25, -0.2) is 0 Å². The molecule has 0 amide bonds. The maximum absolute atomic E-state index is 10.7. The van der Waals surface area contributed by atoms with E-state index in [0.717, 1.165) is 18.2 Å². The SMILES string of the molecule is Nc1ccc([O-])cc1S(=O)(=O)O.[K+]. The van der Waals surface area contributed by atoms with Crippen LogP contribution in [0.2, 0.25) is 0 Å². The molecule has 0 atom stereocenters. The predicted molar refractivity (Wildman–Crippen MR) is 40.1 cm³/mol. The van der Waals surface area contributed by atoms with Crippen molar-refractivity contribution >= 4 is 15.8 Å². The van der Waals surface area contributed by atoms with Crippen LogP contribution in [0, 0.1) is 0 Å². The quantitative estimate of drug-likeness (QED) is 0.295. The van der Waals surface area contributed by atoms with E-state index < -0.39 is 20.8 Å². The minimum Gasteiger partial charge on any atom is -0.872 e. The molecule has 0 radical (unpaired) electrons. The third-order valence-corrected chi connectivity index (χ3v) is 2.17. The van der Waals surface area contributed by atoms with E-state index in [2.05, 4.69) is 0 Å². The average Bonchev–Trinajstić information content (AvgIpc) is 1.92. The topological polar surface area (TPSA) is 103 Å².